The maximum absolute atomic E-state index is 11.3. The molecule has 0 unspecified atom stereocenters. The molecule has 3 rings (SSSR count). The van der Waals surface area contributed by atoms with E-state index in [0.717, 1.165) is 18.5 Å². The Labute approximate surface area is 101 Å². The van der Waals surface area contributed by atoms with Crippen LogP contribution >= 0.6 is 0 Å². The van der Waals surface area contributed by atoms with Crippen LogP contribution in [0, 0.1) is 0 Å². The smallest absolute Gasteiger partial charge is 0.337 e. The lowest BCUT2D eigenvalue weighted by atomic mass is 9.82. The molecule has 2 aliphatic carbocycles. The molecule has 3 nitrogen and oxygen atoms in total. The van der Waals surface area contributed by atoms with Crippen molar-refractivity contribution in [1.82, 2.24) is 4.98 Å². The Hall–Kier alpha value is -1.25. The van der Waals surface area contributed by atoms with Gasteiger partial charge < -0.3 is 10.1 Å². The first-order valence-corrected chi connectivity index (χ1v) is 6.72. The summed E-state index contributed by atoms with van der Waals surface area (Å²) in [4.78, 5) is 14.7. The van der Waals surface area contributed by atoms with E-state index in [9.17, 15) is 9.90 Å². The average molecular weight is 233 g/mol. The zero-order valence-corrected chi connectivity index (χ0v) is 10.0. The van der Waals surface area contributed by atoms with E-state index >= 15 is 0 Å². The number of H-pyrrole nitrogens is 1. The summed E-state index contributed by atoms with van der Waals surface area (Å²) in [7, 11) is 0. The number of aromatic carboxylic acids is 1. The molecule has 0 radical (unpaired) electrons. The molecule has 2 saturated carbocycles. The Morgan fingerprint density at radius 3 is 2.29 bits per heavy atom. The standard InChI is InChI=1S/C14H19NO2/c16-14(17)11-8-12(9-4-1-2-5-9)15-13(11)10-6-3-7-10/h8-10,15H,1-7H2,(H,16,17). The first kappa shape index (κ1) is 10.9. The largest absolute Gasteiger partial charge is 0.478 e. The number of carboxylic acid groups (broad SMARTS) is 1. The predicted molar refractivity (Wildman–Crippen MR) is 65.6 cm³/mol. The molecule has 0 aliphatic heterocycles. The summed E-state index contributed by atoms with van der Waals surface area (Å²) in [5.74, 6) is 0.269. The highest BCUT2D eigenvalue weighted by Gasteiger charge is 2.29. The number of hydrogen-bond acceptors (Lipinski definition) is 1. The first-order chi connectivity index (χ1) is 8.25. The molecule has 0 amide bonds. The SMILES string of the molecule is O=C(O)c1cc(C2CCCC2)[nH]c1C1CCC1. The normalized spacial score (nSPS) is 21.6. The number of rotatable bonds is 3. The van der Waals surface area contributed by atoms with Crippen molar-refractivity contribution in [1.29, 1.82) is 0 Å². The molecule has 1 heterocycles. The number of carbonyl (C=O) groups is 1. The number of aromatic nitrogens is 1. The molecular weight excluding hydrogens is 214 g/mol. The second kappa shape index (κ2) is 4.21. The van der Waals surface area contributed by atoms with Crippen LogP contribution in [0.25, 0.3) is 0 Å². The van der Waals surface area contributed by atoms with E-state index in [-0.39, 0.29) is 0 Å². The van der Waals surface area contributed by atoms with Crippen molar-refractivity contribution in [2.75, 3.05) is 0 Å². The Morgan fingerprint density at radius 1 is 1.12 bits per heavy atom. The summed E-state index contributed by atoms with van der Waals surface area (Å²) < 4.78 is 0. The van der Waals surface area contributed by atoms with E-state index in [1.54, 1.807) is 0 Å². The summed E-state index contributed by atoms with van der Waals surface area (Å²) in [5, 5.41) is 9.27. The second-order valence-corrected chi connectivity index (χ2v) is 5.47. The fourth-order valence-electron chi connectivity index (χ4n) is 3.14. The van der Waals surface area contributed by atoms with E-state index in [1.807, 2.05) is 6.07 Å². The molecule has 2 fully saturated rings. The van der Waals surface area contributed by atoms with Gasteiger partial charge in [0, 0.05) is 11.4 Å². The monoisotopic (exact) mass is 233 g/mol. The highest BCUT2D eigenvalue weighted by Crippen LogP contribution is 2.40. The Kier molecular flexibility index (Phi) is 2.69. The van der Waals surface area contributed by atoms with Crippen LogP contribution in [0.2, 0.25) is 0 Å². The van der Waals surface area contributed by atoms with Gasteiger partial charge in [0.15, 0.2) is 0 Å². The van der Waals surface area contributed by atoms with Crippen LogP contribution in [0.5, 0.6) is 0 Å². The maximum atomic E-state index is 11.3. The van der Waals surface area contributed by atoms with Gasteiger partial charge in [0.05, 0.1) is 5.56 Å². The van der Waals surface area contributed by atoms with Crippen molar-refractivity contribution in [3.63, 3.8) is 0 Å². The van der Waals surface area contributed by atoms with E-state index in [4.69, 9.17) is 0 Å². The van der Waals surface area contributed by atoms with Crippen LogP contribution < -0.4 is 0 Å². The molecule has 0 spiro atoms. The van der Waals surface area contributed by atoms with E-state index in [2.05, 4.69) is 4.98 Å². The van der Waals surface area contributed by atoms with Gasteiger partial charge in [-0.25, -0.2) is 4.79 Å². The highest BCUT2D eigenvalue weighted by atomic mass is 16.4. The molecule has 2 N–H and O–H groups in total. The number of aromatic amines is 1. The zero-order chi connectivity index (χ0) is 11.8. The van der Waals surface area contributed by atoms with Crippen molar-refractivity contribution in [3.8, 4) is 0 Å². The summed E-state index contributed by atoms with van der Waals surface area (Å²) >= 11 is 0. The third-order valence-corrected chi connectivity index (χ3v) is 4.41. The second-order valence-electron chi connectivity index (χ2n) is 5.47. The summed E-state index contributed by atoms with van der Waals surface area (Å²) in [6.45, 7) is 0. The van der Waals surface area contributed by atoms with Gasteiger partial charge in [-0.05, 0) is 43.6 Å². The van der Waals surface area contributed by atoms with Crippen LogP contribution in [0.3, 0.4) is 0 Å². The zero-order valence-electron chi connectivity index (χ0n) is 10.0. The molecule has 2 aliphatic rings. The van der Waals surface area contributed by atoms with Crippen molar-refractivity contribution >= 4 is 5.97 Å². The fourth-order valence-corrected chi connectivity index (χ4v) is 3.14. The molecular formula is C14H19NO2. The van der Waals surface area contributed by atoms with Crippen LogP contribution in [0.1, 0.15) is 78.5 Å². The Balaban J connectivity index is 1.92. The minimum atomic E-state index is -0.771. The van der Waals surface area contributed by atoms with Gasteiger partial charge in [0.25, 0.3) is 0 Å². The summed E-state index contributed by atoms with van der Waals surface area (Å²) in [6, 6.07) is 1.89. The van der Waals surface area contributed by atoms with E-state index in [1.165, 1.54) is 37.8 Å². The Bertz CT molecular complexity index is 425. The third-order valence-electron chi connectivity index (χ3n) is 4.41. The summed E-state index contributed by atoms with van der Waals surface area (Å²) in [6.07, 6.45) is 8.51. The minimum absolute atomic E-state index is 0.469. The molecule has 92 valence electrons. The van der Waals surface area contributed by atoms with Gasteiger partial charge in [-0.1, -0.05) is 19.3 Å². The molecule has 0 aromatic carbocycles. The minimum Gasteiger partial charge on any atom is -0.478 e. The lowest BCUT2D eigenvalue weighted by molar-refractivity contribution is 0.0694. The maximum Gasteiger partial charge on any atom is 0.337 e. The lowest BCUT2D eigenvalue weighted by Crippen LogP contribution is -2.13. The van der Waals surface area contributed by atoms with Gasteiger partial charge in [0.1, 0.15) is 0 Å². The molecule has 17 heavy (non-hydrogen) atoms. The van der Waals surface area contributed by atoms with Crippen LogP contribution in [0.4, 0.5) is 0 Å². The van der Waals surface area contributed by atoms with Gasteiger partial charge in [-0.15, -0.1) is 0 Å². The van der Waals surface area contributed by atoms with Gasteiger partial charge in [-0.2, -0.15) is 0 Å². The summed E-state index contributed by atoms with van der Waals surface area (Å²) in [5.41, 5.74) is 2.68. The molecule has 0 bridgehead atoms. The number of carboxylic acids is 1. The Morgan fingerprint density at radius 2 is 1.76 bits per heavy atom. The molecule has 3 heteroatoms. The van der Waals surface area contributed by atoms with E-state index in [0.29, 0.717) is 17.4 Å². The molecule has 1 aromatic rings. The van der Waals surface area contributed by atoms with Crippen molar-refractivity contribution in [3.05, 3.63) is 23.0 Å². The molecule has 0 saturated heterocycles. The topological polar surface area (TPSA) is 53.1 Å². The molecule has 0 atom stereocenters. The quantitative estimate of drug-likeness (QED) is 0.837. The number of hydrogen-bond donors (Lipinski definition) is 2. The van der Waals surface area contributed by atoms with Gasteiger partial charge in [-0.3, -0.25) is 0 Å². The predicted octanol–water partition coefficient (Wildman–Crippen LogP) is 3.64. The van der Waals surface area contributed by atoms with E-state index < -0.39 is 5.97 Å². The third kappa shape index (κ3) is 1.88. The van der Waals surface area contributed by atoms with Crippen LogP contribution in [0.15, 0.2) is 6.07 Å². The van der Waals surface area contributed by atoms with Gasteiger partial charge >= 0.3 is 5.97 Å². The fraction of sp³-hybridized carbons (Fsp3) is 0.643. The van der Waals surface area contributed by atoms with Crippen LogP contribution in [-0.2, 0) is 0 Å². The van der Waals surface area contributed by atoms with Gasteiger partial charge in [0.2, 0.25) is 0 Å². The van der Waals surface area contributed by atoms with Crippen molar-refractivity contribution < 1.29 is 9.90 Å². The van der Waals surface area contributed by atoms with Crippen molar-refractivity contribution in [2.45, 2.75) is 56.8 Å². The van der Waals surface area contributed by atoms with Crippen molar-refractivity contribution in [2.24, 2.45) is 0 Å². The average Bonchev–Trinajstić information content (AvgIpc) is 2.80. The first-order valence-electron chi connectivity index (χ1n) is 6.72. The lowest BCUT2D eigenvalue weighted by Gasteiger charge is -2.25. The van der Waals surface area contributed by atoms with Crippen LogP contribution in [-0.4, -0.2) is 16.1 Å². The molecule has 1 aromatic heterocycles. The highest BCUT2D eigenvalue weighted by molar-refractivity contribution is 5.89. The number of nitrogens with one attached hydrogen (secondary N) is 1.